The average molecular weight is 272 g/mol. The zero-order valence-corrected chi connectivity index (χ0v) is 10.0. The third-order valence-electron chi connectivity index (χ3n) is 2.31. The van der Waals surface area contributed by atoms with Gasteiger partial charge in [-0.25, -0.2) is 4.79 Å². The Labute approximate surface area is 104 Å². The summed E-state index contributed by atoms with van der Waals surface area (Å²) in [5.74, 6) is -1.30. The van der Waals surface area contributed by atoms with Crippen LogP contribution in [0.5, 0.6) is 0 Å². The number of carbonyl (C=O) groups is 1. The van der Waals surface area contributed by atoms with Crippen LogP contribution in [0.3, 0.4) is 0 Å². The zero-order chi connectivity index (χ0) is 12.6. The minimum atomic E-state index is -1.36. The van der Waals surface area contributed by atoms with Gasteiger partial charge in [-0.05, 0) is 23.7 Å². The van der Waals surface area contributed by atoms with Gasteiger partial charge in [0.25, 0.3) is 5.56 Å². The summed E-state index contributed by atoms with van der Waals surface area (Å²) in [7, 11) is 0. The summed E-state index contributed by atoms with van der Waals surface area (Å²) in [5, 5.41) is 19.7. The summed E-state index contributed by atoms with van der Waals surface area (Å²) in [4.78, 5) is 25.7. The Kier molecular flexibility index (Phi) is 3.09. The number of carboxylic acid groups (broad SMARTS) is 1. The van der Waals surface area contributed by atoms with Crippen molar-refractivity contribution in [1.82, 2.24) is 9.55 Å². The molecule has 0 fully saturated rings. The molecule has 0 amide bonds. The zero-order valence-electron chi connectivity index (χ0n) is 8.41. The molecule has 0 aliphatic heterocycles. The summed E-state index contributed by atoms with van der Waals surface area (Å²) in [5.41, 5.74) is 0.0727. The highest BCUT2D eigenvalue weighted by atomic mass is 32.1. The lowest BCUT2D eigenvalue weighted by molar-refractivity contribution is -0.142. The third kappa shape index (κ3) is 1.90. The molecule has 0 unspecified atom stereocenters. The molecule has 2 rings (SSSR count). The van der Waals surface area contributed by atoms with Crippen LogP contribution < -0.4 is 5.56 Å². The number of aromatic nitrogens is 2. The molecule has 2 aromatic heterocycles. The first-order chi connectivity index (χ1) is 8.06. The average Bonchev–Trinajstić information content (AvgIpc) is 2.71. The van der Waals surface area contributed by atoms with E-state index in [2.05, 4.69) is 4.98 Å². The lowest BCUT2D eigenvalue weighted by Gasteiger charge is -2.12. The van der Waals surface area contributed by atoms with Gasteiger partial charge >= 0.3 is 5.97 Å². The van der Waals surface area contributed by atoms with Gasteiger partial charge in [0.2, 0.25) is 0 Å². The van der Waals surface area contributed by atoms with Crippen LogP contribution in [0.1, 0.15) is 6.04 Å². The number of aromatic amines is 1. The Morgan fingerprint density at radius 3 is 2.94 bits per heavy atom. The molecule has 0 aliphatic rings. The highest BCUT2D eigenvalue weighted by Gasteiger charge is 2.22. The summed E-state index contributed by atoms with van der Waals surface area (Å²) in [6.45, 7) is -0.691. The second kappa shape index (κ2) is 4.40. The number of aliphatic hydroxyl groups excluding tert-OH is 1. The Morgan fingerprint density at radius 2 is 2.35 bits per heavy atom. The minimum absolute atomic E-state index is 0.0117. The fraction of sp³-hybridized carbons (Fsp3) is 0.222. The maximum atomic E-state index is 12.0. The van der Waals surface area contributed by atoms with E-state index >= 15 is 0 Å². The van der Waals surface area contributed by atoms with Crippen LogP contribution in [-0.4, -0.2) is 32.3 Å². The SMILES string of the molecule is O=C(O)[C@H](CO)n1c(=S)[nH]c2ccsc2c1=O. The van der Waals surface area contributed by atoms with Crippen molar-refractivity contribution < 1.29 is 15.0 Å². The van der Waals surface area contributed by atoms with Crippen LogP contribution in [0.4, 0.5) is 0 Å². The van der Waals surface area contributed by atoms with Crippen LogP contribution in [0.2, 0.25) is 0 Å². The van der Waals surface area contributed by atoms with Gasteiger partial charge in [0.05, 0.1) is 12.1 Å². The van der Waals surface area contributed by atoms with Gasteiger partial charge in [0.15, 0.2) is 10.8 Å². The van der Waals surface area contributed by atoms with Crippen LogP contribution in [-0.2, 0) is 4.79 Å². The first kappa shape index (κ1) is 12.0. The predicted octanol–water partition coefficient (Wildman–Crippen LogP) is 0.739. The molecule has 8 heteroatoms. The molecule has 1 atom stereocenters. The summed E-state index contributed by atoms with van der Waals surface area (Å²) in [6.07, 6.45) is 0. The van der Waals surface area contributed by atoms with Gasteiger partial charge in [0.1, 0.15) is 4.70 Å². The standard InChI is InChI=1S/C9H8N2O4S2/c12-3-5(8(14)15)11-7(13)6-4(1-2-17-6)10-9(11)16/h1-2,5,12H,3H2,(H,10,16)(H,14,15)/t5-/m0/s1. The first-order valence-electron chi connectivity index (χ1n) is 4.62. The van der Waals surface area contributed by atoms with E-state index in [1.807, 2.05) is 0 Å². The lowest BCUT2D eigenvalue weighted by atomic mass is 10.3. The molecule has 0 spiro atoms. The molecule has 17 heavy (non-hydrogen) atoms. The van der Waals surface area contributed by atoms with Gasteiger partial charge in [0, 0.05) is 0 Å². The summed E-state index contributed by atoms with van der Waals surface area (Å²) >= 11 is 6.12. The van der Waals surface area contributed by atoms with Crippen molar-refractivity contribution in [3.8, 4) is 0 Å². The van der Waals surface area contributed by atoms with Crippen molar-refractivity contribution >= 4 is 39.7 Å². The van der Waals surface area contributed by atoms with Crippen molar-refractivity contribution in [2.24, 2.45) is 0 Å². The number of thiophene rings is 1. The molecule has 0 saturated heterocycles. The Morgan fingerprint density at radius 1 is 1.65 bits per heavy atom. The number of hydrogen-bond acceptors (Lipinski definition) is 5. The molecule has 0 saturated carbocycles. The largest absolute Gasteiger partial charge is 0.480 e. The fourth-order valence-electron chi connectivity index (χ4n) is 1.50. The number of aliphatic carboxylic acids is 1. The molecule has 0 bridgehead atoms. The molecule has 6 nitrogen and oxygen atoms in total. The Bertz CT molecular complexity index is 684. The van der Waals surface area contributed by atoms with Gasteiger partial charge in [-0.15, -0.1) is 11.3 Å². The van der Waals surface area contributed by atoms with Crippen molar-refractivity contribution in [2.75, 3.05) is 6.61 Å². The van der Waals surface area contributed by atoms with E-state index in [-0.39, 0.29) is 4.77 Å². The molecule has 0 aromatic carbocycles. The molecule has 3 N–H and O–H groups in total. The predicted molar refractivity (Wildman–Crippen MR) is 65.0 cm³/mol. The maximum Gasteiger partial charge on any atom is 0.329 e. The van der Waals surface area contributed by atoms with Crippen molar-refractivity contribution in [2.45, 2.75) is 6.04 Å². The van der Waals surface area contributed by atoms with Crippen molar-refractivity contribution in [3.63, 3.8) is 0 Å². The number of hydrogen-bond donors (Lipinski definition) is 3. The monoisotopic (exact) mass is 272 g/mol. The number of nitrogens with one attached hydrogen (secondary N) is 1. The molecule has 0 radical (unpaired) electrons. The van der Waals surface area contributed by atoms with E-state index in [4.69, 9.17) is 22.4 Å². The van der Waals surface area contributed by atoms with Crippen molar-refractivity contribution in [3.05, 3.63) is 26.6 Å². The van der Waals surface area contributed by atoms with E-state index < -0.39 is 24.2 Å². The van der Waals surface area contributed by atoms with Crippen molar-refractivity contribution in [1.29, 1.82) is 0 Å². The highest BCUT2D eigenvalue weighted by molar-refractivity contribution is 7.71. The number of fused-ring (bicyclic) bond motifs is 1. The van der Waals surface area contributed by atoms with E-state index in [1.165, 1.54) is 11.3 Å². The fourth-order valence-corrected chi connectivity index (χ4v) is 2.61. The highest BCUT2D eigenvalue weighted by Crippen LogP contribution is 2.15. The number of nitrogens with zero attached hydrogens (tertiary/aromatic N) is 1. The lowest BCUT2D eigenvalue weighted by Crippen LogP contribution is -2.33. The Hall–Kier alpha value is -1.51. The van der Waals surface area contributed by atoms with Crippen LogP contribution >= 0.6 is 23.6 Å². The molecule has 2 aromatic rings. The second-order valence-electron chi connectivity index (χ2n) is 3.31. The second-order valence-corrected chi connectivity index (χ2v) is 4.61. The number of H-pyrrole nitrogens is 1. The van der Waals surface area contributed by atoms with E-state index in [0.717, 1.165) is 4.57 Å². The molecule has 0 aliphatic carbocycles. The van der Waals surface area contributed by atoms with Gasteiger partial charge in [-0.2, -0.15) is 0 Å². The number of aliphatic hydroxyl groups is 1. The molecule has 90 valence electrons. The van der Waals surface area contributed by atoms with Crippen LogP contribution in [0, 0.1) is 4.77 Å². The molecular formula is C9H8N2O4S2. The Balaban J connectivity index is 2.81. The number of carboxylic acids is 1. The van der Waals surface area contributed by atoms with E-state index in [0.29, 0.717) is 10.2 Å². The van der Waals surface area contributed by atoms with Gasteiger partial charge in [-0.1, -0.05) is 0 Å². The quantitative estimate of drug-likeness (QED) is 0.716. The van der Waals surface area contributed by atoms with E-state index in [9.17, 15) is 9.59 Å². The van der Waals surface area contributed by atoms with Crippen LogP contribution in [0.25, 0.3) is 10.2 Å². The summed E-state index contributed by atoms with van der Waals surface area (Å²) in [6, 6.07) is 0.328. The molecule has 2 heterocycles. The number of rotatable bonds is 3. The first-order valence-corrected chi connectivity index (χ1v) is 5.90. The third-order valence-corrected chi connectivity index (χ3v) is 3.51. The maximum absolute atomic E-state index is 12.0. The molecular weight excluding hydrogens is 264 g/mol. The van der Waals surface area contributed by atoms with Gasteiger partial charge in [-0.3, -0.25) is 9.36 Å². The van der Waals surface area contributed by atoms with E-state index in [1.54, 1.807) is 11.4 Å². The topological polar surface area (TPSA) is 95.3 Å². The smallest absolute Gasteiger partial charge is 0.329 e. The summed E-state index contributed by atoms with van der Waals surface area (Å²) < 4.78 is 1.26. The van der Waals surface area contributed by atoms with Gasteiger partial charge < -0.3 is 15.2 Å². The van der Waals surface area contributed by atoms with Crippen LogP contribution in [0.15, 0.2) is 16.2 Å². The normalized spacial score (nSPS) is 12.8. The minimum Gasteiger partial charge on any atom is -0.480 e.